The first-order valence-electron chi connectivity index (χ1n) is 6.72. The first-order chi connectivity index (χ1) is 9.19. The zero-order valence-electron chi connectivity index (χ0n) is 11.7. The van der Waals surface area contributed by atoms with Crippen LogP contribution in [0.4, 0.5) is 0 Å². The summed E-state index contributed by atoms with van der Waals surface area (Å²) in [6.07, 6.45) is 3.06. The standard InChI is InChI=1S/C15H20N2O2/c1-4-5-10-14-16-12-8-6-7-9-13(12)17(14)11(2)15(18)19-3/h6-9,11H,4-5,10H2,1-3H3/t11-/m1/s1. The summed E-state index contributed by atoms with van der Waals surface area (Å²) in [4.78, 5) is 16.5. The Bertz CT molecular complexity index is 575. The summed E-state index contributed by atoms with van der Waals surface area (Å²) in [6, 6.07) is 7.56. The molecule has 2 aromatic rings. The molecule has 102 valence electrons. The number of methoxy groups -OCH3 is 1. The predicted molar refractivity (Wildman–Crippen MR) is 75.1 cm³/mol. The molecule has 19 heavy (non-hydrogen) atoms. The van der Waals surface area contributed by atoms with E-state index in [1.807, 2.05) is 35.8 Å². The molecule has 1 aromatic heterocycles. The average molecular weight is 260 g/mol. The van der Waals surface area contributed by atoms with E-state index < -0.39 is 0 Å². The number of nitrogens with zero attached hydrogens (tertiary/aromatic N) is 2. The maximum Gasteiger partial charge on any atom is 0.328 e. The summed E-state index contributed by atoms with van der Waals surface area (Å²) in [7, 11) is 1.42. The van der Waals surface area contributed by atoms with Gasteiger partial charge >= 0.3 is 5.97 Å². The van der Waals surface area contributed by atoms with E-state index in [1.54, 1.807) is 0 Å². The Labute approximate surface area is 113 Å². The van der Waals surface area contributed by atoms with E-state index >= 15 is 0 Å². The van der Waals surface area contributed by atoms with Crippen LogP contribution in [0, 0.1) is 0 Å². The number of aromatic nitrogens is 2. The number of unbranched alkanes of at least 4 members (excludes halogenated alkanes) is 1. The van der Waals surface area contributed by atoms with Crippen molar-refractivity contribution in [1.29, 1.82) is 0 Å². The van der Waals surface area contributed by atoms with Crippen molar-refractivity contribution in [1.82, 2.24) is 9.55 Å². The number of carbonyl (C=O) groups excluding carboxylic acids is 1. The van der Waals surface area contributed by atoms with E-state index in [9.17, 15) is 4.79 Å². The van der Waals surface area contributed by atoms with Crippen LogP contribution in [0.2, 0.25) is 0 Å². The molecule has 0 aliphatic heterocycles. The van der Waals surface area contributed by atoms with Crippen LogP contribution in [-0.4, -0.2) is 22.6 Å². The zero-order chi connectivity index (χ0) is 13.8. The monoisotopic (exact) mass is 260 g/mol. The van der Waals surface area contributed by atoms with Gasteiger partial charge in [-0.25, -0.2) is 9.78 Å². The number of fused-ring (bicyclic) bond motifs is 1. The Morgan fingerprint density at radius 2 is 2.16 bits per heavy atom. The number of benzene rings is 1. The van der Waals surface area contributed by atoms with Gasteiger partial charge in [0.25, 0.3) is 0 Å². The minimum Gasteiger partial charge on any atom is -0.467 e. The molecule has 0 radical (unpaired) electrons. The zero-order valence-corrected chi connectivity index (χ0v) is 11.7. The topological polar surface area (TPSA) is 44.1 Å². The molecule has 2 rings (SSSR count). The highest BCUT2D eigenvalue weighted by Gasteiger charge is 2.21. The van der Waals surface area contributed by atoms with Crippen molar-refractivity contribution in [3.05, 3.63) is 30.1 Å². The molecule has 0 N–H and O–H groups in total. The lowest BCUT2D eigenvalue weighted by Gasteiger charge is -2.15. The molecule has 0 aliphatic carbocycles. The third-order valence-electron chi connectivity index (χ3n) is 3.35. The van der Waals surface area contributed by atoms with E-state index in [0.29, 0.717) is 0 Å². The van der Waals surface area contributed by atoms with Crippen molar-refractivity contribution in [2.45, 2.75) is 39.2 Å². The summed E-state index contributed by atoms with van der Waals surface area (Å²) in [5.74, 6) is 0.724. The molecule has 4 heteroatoms. The van der Waals surface area contributed by atoms with Crippen LogP contribution in [0.1, 0.15) is 38.6 Å². The number of rotatable bonds is 5. The summed E-state index contributed by atoms with van der Waals surface area (Å²) in [5.41, 5.74) is 1.93. The number of imidazole rings is 1. The molecule has 0 amide bonds. The molecule has 0 unspecified atom stereocenters. The van der Waals surface area contributed by atoms with E-state index in [0.717, 1.165) is 36.1 Å². The van der Waals surface area contributed by atoms with Gasteiger partial charge in [0.2, 0.25) is 0 Å². The Kier molecular flexibility index (Phi) is 4.20. The van der Waals surface area contributed by atoms with E-state index in [4.69, 9.17) is 4.74 Å². The van der Waals surface area contributed by atoms with Gasteiger partial charge in [0.05, 0.1) is 18.1 Å². The van der Waals surface area contributed by atoms with Gasteiger partial charge in [0, 0.05) is 6.42 Å². The van der Waals surface area contributed by atoms with Gasteiger partial charge in [-0.3, -0.25) is 0 Å². The number of ether oxygens (including phenoxy) is 1. The van der Waals surface area contributed by atoms with Crippen molar-refractivity contribution in [2.75, 3.05) is 7.11 Å². The third kappa shape index (κ3) is 2.62. The smallest absolute Gasteiger partial charge is 0.328 e. The molecule has 4 nitrogen and oxygen atoms in total. The number of esters is 1. The lowest BCUT2D eigenvalue weighted by atomic mass is 10.2. The molecule has 0 saturated heterocycles. The quantitative estimate of drug-likeness (QED) is 0.776. The lowest BCUT2D eigenvalue weighted by molar-refractivity contribution is -0.143. The van der Waals surface area contributed by atoms with Crippen LogP contribution < -0.4 is 0 Å². The van der Waals surface area contributed by atoms with Gasteiger partial charge in [-0.15, -0.1) is 0 Å². The summed E-state index contributed by atoms with van der Waals surface area (Å²) < 4.78 is 6.85. The van der Waals surface area contributed by atoms with Gasteiger partial charge in [-0.05, 0) is 25.5 Å². The van der Waals surface area contributed by atoms with Crippen LogP contribution in [-0.2, 0) is 16.0 Å². The lowest BCUT2D eigenvalue weighted by Crippen LogP contribution is -2.19. The minimum atomic E-state index is -0.343. The maximum absolute atomic E-state index is 11.8. The van der Waals surface area contributed by atoms with E-state index in [-0.39, 0.29) is 12.0 Å². The van der Waals surface area contributed by atoms with Crippen molar-refractivity contribution >= 4 is 17.0 Å². The summed E-state index contributed by atoms with van der Waals surface area (Å²) in [6.45, 7) is 4.01. The normalized spacial score (nSPS) is 12.6. The predicted octanol–water partition coefficient (Wildman–Crippen LogP) is 3.11. The fourth-order valence-corrected chi connectivity index (χ4v) is 2.31. The molecular formula is C15H20N2O2. The minimum absolute atomic E-state index is 0.235. The second kappa shape index (κ2) is 5.87. The fraction of sp³-hybridized carbons (Fsp3) is 0.467. The van der Waals surface area contributed by atoms with Gasteiger partial charge < -0.3 is 9.30 Å². The van der Waals surface area contributed by atoms with Gasteiger partial charge in [0.1, 0.15) is 11.9 Å². The van der Waals surface area contributed by atoms with Crippen molar-refractivity contribution in [3.63, 3.8) is 0 Å². The van der Waals surface area contributed by atoms with Crippen LogP contribution in [0.15, 0.2) is 24.3 Å². The number of hydrogen-bond donors (Lipinski definition) is 0. The molecule has 1 heterocycles. The van der Waals surface area contributed by atoms with Gasteiger partial charge in [-0.1, -0.05) is 25.5 Å². The van der Waals surface area contributed by atoms with Crippen LogP contribution >= 0.6 is 0 Å². The van der Waals surface area contributed by atoms with Crippen LogP contribution in [0.5, 0.6) is 0 Å². The average Bonchev–Trinajstić information content (AvgIpc) is 2.81. The molecule has 0 bridgehead atoms. The highest BCUT2D eigenvalue weighted by molar-refractivity contribution is 5.81. The van der Waals surface area contributed by atoms with Gasteiger partial charge in [-0.2, -0.15) is 0 Å². The number of para-hydroxylation sites is 2. The first-order valence-corrected chi connectivity index (χ1v) is 6.72. The van der Waals surface area contributed by atoms with Crippen molar-refractivity contribution < 1.29 is 9.53 Å². The second-order valence-electron chi connectivity index (χ2n) is 4.69. The SMILES string of the molecule is CCCCc1nc2ccccc2n1[C@H](C)C(=O)OC. The first kappa shape index (κ1) is 13.6. The fourth-order valence-electron chi connectivity index (χ4n) is 2.31. The highest BCUT2D eigenvalue weighted by Crippen LogP contribution is 2.23. The molecule has 0 saturated carbocycles. The Balaban J connectivity index is 2.50. The largest absolute Gasteiger partial charge is 0.467 e. The highest BCUT2D eigenvalue weighted by atomic mass is 16.5. The van der Waals surface area contributed by atoms with Crippen LogP contribution in [0.25, 0.3) is 11.0 Å². The molecule has 1 atom stereocenters. The van der Waals surface area contributed by atoms with Crippen molar-refractivity contribution in [3.8, 4) is 0 Å². The third-order valence-corrected chi connectivity index (χ3v) is 3.35. The second-order valence-corrected chi connectivity index (χ2v) is 4.69. The Morgan fingerprint density at radius 1 is 1.42 bits per heavy atom. The van der Waals surface area contributed by atoms with Crippen molar-refractivity contribution in [2.24, 2.45) is 0 Å². The van der Waals surface area contributed by atoms with E-state index in [2.05, 4.69) is 11.9 Å². The Hall–Kier alpha value is -1.84. The van der Waals surface area contributed by atoms with E-state index in [1.165, 1.54) is 7.11 Å². The summed E-state index contributed by atoms with van der Waals surface area (Å²) >= 11 is 0. The maximum atomic E-state index is 11.8. The molecule has 0 spiro atoms. The van der Waals surface area contributed by atoms with Gasteiger partial charge in [0.15, 0.2) is 0 Å². The number of aryl methyl sites for hydroxylation is 1. The molecule has 1 aromatic carbocycles. The summed E-state index contributed by atoms with van der Waals surface area (Å²) in [5, 5.41) is 0. The molecular weight excluding hydrogens is 240 g/mol. The number of carbonyl (C=O) groups is 1. The molecule has 0 fully saturated rings. The van der Waals surface area contributed by atoms with Crippen LogP contribution in [0.3, 0.4) is 0 Å². The molecule has 0 aliphatic rings. The Morgan fingerprint density at radius 3 is 2.84 bits per heavy atom. The number of hydrogen-bond acceptors (Lipinski definition) is 3.